The molecule has 0 bridgehead atoms. The van der Waals surface area contributed by atoms with E-state index in [-0.39, 0.29) is 35.6 Å². The molecule has 2 aromatic heterocycles. The normalized spacial score (nSPS) is 12.3. The van der Waals surface area contributed by atoms with Gasteiger partial charge in [-0.2, -0.15) is 30.0 Å². The Balaban J connectivity index is 2.19. The number of amides is 1. The van der Waals surface area contributed by atoms with Crippen LogP contribution in [-0.4, -0.2) is 64.5 Å². The maximum atomic E-state index is 13.1. The first-order valence-corrected chi connectivity index (χ1v) is 10.4. The first-order chi connectivity index (χ1) is 14.3. The monoisotopic (exact) mass is 463 g/mol. The molecule has 2 aromatic rings. The Bertz CT molecular complexity index is 861. The number of anilines is 1. The molecule has 0 aromatic carbocycles. The van der Waals surface area contributed by atoms with Crippen LogP contribution in [0.25, 0.3) is 5.69 Å². The molecule has 164 valence electrons. The minimum Gasteiger partial charge on any atom is -0.363 e. The number of carbonyl (C=O) groups excluding carboxylic acids is 1. The fraction of sp³-hybridized carbons (Fsp3) is 0.444. The molecule has 0 atom stereocenters. The lowest BCUT2D eigenvalue weighted by Crippen LogP contribution is -2.38. The van der Waals surface area contributed by atoms with Gasteiger partial charge in [-0.25, -0.2) is 4.68 Å². The SMILES string of the molecule is CCN(C(=O)C(CSCCC(F)(F)F)=NCOC)c1cn(-c2cccnc2)nc1Cl. The predicted octanol–water partition coefficient (Wildman–Crippen LogP) is 4.00. The smallest absolute Gasteiger partial charge is 0.363 e. The number of pyridine rings is 1. The van der Waals surface area contributed by atoms with Crippen LogP contribution in [0, 0.1) is 0 Å². The summed E-state index contributed by atoms with van der Waals surface area (Å²) in [7, 11) is 1.41. The van der Waals surface area contributed by atoms with Crippen LogP contribution in [0.5, 0.6) is 0 Å². The second kappa shape index (κ2) is 11.3. The highest BCUT2D eigenvalue weighted by molar-refractivity contribution is 8.00. The topological polar surface area (TPSA) is 72.6 Å². The summed E-state index contributed by atoms with van der Waals surface area (Å²) in [5, 5.41) is 4.31. The third-order valence-electron chi connectivity index (χ3n) is 3.81. The minimum absolute atomic E-state index is 0.0170. The Morgan fingerprint density at radius 3 is 2.80 bits per heavy atom. The molecule has 0 N–H and O–H groups in total. The quantitative estimate of drug-likeness (QED) is 0.393. The molecule has 2 rings (SSSR count). The van der Waals surface area contributed by atoms with Gasteiger partial charge in [0, 0.05) is 31.4 Å². The van der Waals surface area contributed by atoms with Gasteiger partial charge in [0.05, 0.1) is 24.5 Å². The molecule has 0 aliphatic carbocycles. The van der Waals surface area contributed by atoms with Crippen molar-refractivity contribution in [2.24, 2.45) is 4.99 Å². The van der Waals surface area contributed by atoms with E-state index in [0.29, 0.717) is 11.4 Å². The van der Waals surface area contributed by atoms with E-state index in [4.69, 9.17) is 16.3 Å². The van der Waals surface area contributed by atoms with Gasteiger partial charge in [0.25, 0.3) is 5.91 Å². The molecule has 12 heteroatoms. The molecule has 7 nitrogen and oxygen atoms in total. The molecular weight excluding hydrogens is 443 g/mol. The van der Waals surface area contributed by atoms with Crippen molar-refractivity contribution in [1.29, 1.82) is 0 Å². The molecule has 30 heavy (non-hydrogen) atoms. The Morgan fingerprint density at radius 2 is 2.20 bits per heavy atom. The Labute approximate surface area is 181 Å². The zero-order chi connectivity index (χ0) is 22.1. The van der Waals surface area contributed by atoms with Gasteiger partial charge in [-0.1, -0.05) is 11.6 Å². The van der Waals surface area contributed by atoms with Crippen molar-refractivity contribution >= 4 is 40.7 Å². The van der Waals surface area contributed by atoms with Crippen molar-refractivity contribution in [3.05, 3.63) is 35.9 Å². The fourth-order valence-corrected chi connectivity index (χ4v) is 3.56. The summed E-state index contributed by atoms with van der Waals surface area (Å²) < 4.78 is 43.5. The Hall–Kier alpha value is -2.11. The van der Waals surface area contributed by atoms with Crippen LogP contribution in [-0.2, 0) is 9.53 Å². The predicted molar refractivity (Wildman–Crippen MR) is 112 cm³/mol. The maximum Gasteiger partial charge on any atom is 0.389 e. The van der Waals surface area contributed by atoms with Gasteiger partial charge < -0.3 is 9.64 Å². The fourth-order valence-electron chi connectivity index (χ4n) is 2.40. The number of aliphatic imine (C=N–C) groups is 1. The van der Waals surface area contributed by atoms with Crippen LogP contribution in [0.3, 0.4) is 0 Å². The highest BCUT2D eigenvalue weighted by atomic mass is 35.5. The molecular formula is C18H21ClF3N5O2S. The first kappa shape index (κ1) is 24.2. The van der Waals surface area contributed by atoms with E-state index in [1.807, 2.05) is 0 Å². The summed E-state index contributed by atoms with van der Waals surface area (Å²) in [6.45, 7) is 1.93. The first-order valence-electron chi connectivity index (χ1n) is 8.91. The highest BCUT2D eigenvalue weighted by Crippen LogP contribution is 2.27. The largest absolute Gasteiger partial charge is 0.389 e. The van der Waals surface area contributed by atoms with E-state index in [2.05, 4.69) is 15.1 Å². The summed E-state index contributed by atoms with van der Waals surface area (Å²) in [5.41, 5.74) is 1.11. The van der Waals surface area contributed by atoms with E-state index >= 15 is 0 Å². The molecule has 1 amide bonds. The minimum atomic E-state index is -4.25. The average Bonchev–Trinajstić information content (AvgIpc) is 3.09. The van der Waals surface area contributed by atoms with Gasteiger partial charge >= 0.3 is 6.18 Å². The van der Waals surface area contributed by atoms with Crippen molar-refractivity contribution in [1.82, 2.24) is 14.8 Å². The number of ether oxygens (including phenoxy) is 1. The third-order valence-corrected chi connectivity index (χ3v) is 5.05. The van der Waals surface area contributed by atoms with Gasteiger partial charge in [-0.3, -0.25) is 14.8 Å². The number of alkyl halides is 3. The van der Waals surface area contributed by atoms with Crippen molar-refractivity contribution in [2.45, 2.75) is 19.5 Å². The number of carbonyl (C=O) groups is 1. The second-order valence-electron chi connectivity index (χ2n) is 5.95. The number of halogens is 4. The Morgan fingerprint density at radius 1 is 1.43 bits per heavy atom. The molecule has 0 aliphatic heterocycles. The zero-order valence-corrected chi connectivity index (χ0v) is 18.0. The number of hydrogen-bond acceptors (Lipinski definition) is 6. The maximum absolute atomic E-state index is 13.1. The van der Waals surface area contributed by atoms with Gasteiger partial charge in [0.2, 0.25) is 0 Å². The average molecular weight is 464 g/mol. The van der Waals surface area contributed by atoms with E-state index in [0.717, 1.165) is 11.8 Å². The third kappa shape index (κ3) is 6.99. The van der Waals surface area contributed by atoms with E-state index in [1.165, 1.54) is 16.7 Å². The van der Waals surface area contributed by atoms with Crippen molar-refractivity contribution < 1.29 is 22.7 Å². The molecule has 0 saturated heterocycles. The van der Waals surface area contributed by atoms with Crippen LogP contribution < -0.4 is 4.90 Å². The molecule has 0 saturated carbocycles. The number of methoxy groups -OCH3 is 1. The van der Waals surface area contributed by atoms with E-state index in [1.54, 1.807) is 37.6 Å². The molecule has 0 spiro atoms. The molecule has 0 radical (unpaired) electrons. The van der Waals surface area contributed by atoms with Crippen molar-refractivity contribution in [3.8, 4) is 5.69 Å². The molecule has 0 unspecified atom stereocenters. The van der Waals surface area contributed by atoms with E-state index in [9.17, 15) is 18.0 Å². The summed E-state index contributed by atoms with van der Waals surface area (Å²) in [4.78, 5) is 22.5. The van der Waals surface area contributed by atoms with Crippen LogP contribution in [0.15, 0.2) is 35.7 Å². The van der Waals surface area contributed by atoms with Gasteiger partial charge in [-0.15, -0.1) is 0 Å². The van der Waals surface area contributed by atoms with Crippen LogP contribution in [0.2, 0.25) is 5.15 Å². The molecule has 2 heterocycles. The van der Waals surface area contributed by atoms with Gasteiger partial charge in [-0.05, 0) is 19.1 Å². The van der Waals surface area contributed by atoms with E-state index < -0.39 is 18.5 Å². The van der Waals surface area contributed by atoms with Crippen LogP contribution in [0.4, 0.5) is 18.9 Å². The number of nitrogens with zero attached hydrogens (tertiary/aromatic N) is 5. The number of aromatic nitrogens is 3. The second-order valence-corrected chi connectivity index (χ2v) is 7.41. The summed E-state index contributed by atoms with van der Waals surface area (Å²) in [6, 6.07) is 3.52. The molecule has 0 aliphatic rings. The highest BCUT2D eigenvalue weighted by Gasteiger charge is 2.27. The number of rotatable bonds is 10. The van der Waals surface area contributed by atoms with Gasteiger partial charge in [0.15, 0.2) is 5.15 Å². The van der Waals surface area contributed by atoms with Gasteiger partial charge in [0.1, 0.15) is 18.1 Å². The van der Waals surface area contributed by atoms with Crippen molar-refractivity contribution in [2.75, 3.05) is 36.8 Å². The standard InChI is InChI=1S/C18H21ClF3N5O2S/c1-3-26(15-10-27(25-16(15)19)13-5-4-7-23-9-13)17(28)14(24-12-29-2)11-30-8-6-18(20,21)22/h4-5,7,9-10H,3,6,8,11-12H2,1-2H3. The number of thioether (sulfide) groups is 1. The lowest BCUT2D eigenvalue weighted by Gasteiger charge is -2.20. The lowest BCUT2D eigenvalue weighted by molar-refractivity contribution is -0.129. The summed E-state index contributed by atoms with van der Waals surface area (Å²) >= 11 is 7.24. The lowest BCUT2D eigenvalue weighted by atomic mass is 10.3. The number of hydrogen-bond donors (Lipinski definition) is 0. The molecule has 0 fully saturated rings. The zero-order valence-electron chi connectivity index (χ0n) is 16.4. The van der Waals surface area contributed by atoms with Crippen LogP contribution >= 0.6 is 23.4 Å². The summed E-state index contributed by atoms with van der Waals surface area (Å²) in [6.07, 6.45) is -0.388. The Kier molecular flexibility index (Phi) is 9.12. The summed E-state index contributed by atoms with van der Waals surface area (Å²) in [5.74, 6) is -0.626. The van der Waals surface area contributed by atoms with Crippen LogP contribution in [0.1, 0.15) is 13.3 Å². The van der Waals surface area contributed by atoms with Crippen molar-refractivity contribution in [3.63, 3.8) is 0 Å².